The summed E-state index contributed by atoms with van der Waals surface area (Å²) >= 11 is 0. The van der Waals surface area contributed by atoms with Gasteiger partial charge in [-0.25, -0.2) is 0 Å². The van der Waals surface area contributed by atoms with Crippen molar-refractivity contribution in [1.82, 2.24) is 0 Å². The Kier molecular flexibility index (Phi) is 58.2. The van der Waals surface area contributed by atoms with E-state index in [2.05, 4.69) is 6.92 Å². The summed E-state index contributed by atoms with van der Waals surface area (Å²) in [6.45, 7) is 2.29. The average Bonchev–Trinajstić information content (AvgIpc) is 0.846. The zero-order valence-corrected chi connectivity index (χ0v) is 62.3. The topological polar surface area (TPSA) is 393 Å². The number of Topliss-reactive ketones (excluding diaryl/α,β-unsaturated/α-hetero) is 22. The normalized spacial score (nSPS) is 10.9. The summed E-state index contributed by atoms with van der Waals surface area (Å²) in [7, 11) is 0. The lowest BCUT2D eigenvalue weighted by Gasteiger charge is -2.05. The number of unbranched alkanes of at least 4 members (excludes halogenated alkanes) is 55. The molecule has 0 rings (SSSR count). The SMILES string of the molecule is CCCCCCCCCCCCCCCCCCCCCCCCCCCCCCCCCCCCCCCCCCCCCCCCCCCCCCCCCCC(=O)C(=O)C(=O)C(=O)C(=O)C(=O)C(=O)C(=O)C(=O)C(=O)C(=O)C(=O)C(=O)C(=O)C(=O)C(=O)C(=O)C(=O)C(=O)C(=O)C(=O)C(=O)C=O. The zero-order valence-electron chi connectivity index (χ0n) is 62.3. The van der Waals surface area contributed by atoms with E-state index in [-0.39, 0.29) is 6.42 Å². The van der Waals surface area contributed by atoms with E-state index in [1.807, 2.05) is 0 Å². The Morgan fingerprint density at radius 3 is 0.375 bits per heavy atom. The van der Waals surface area contributed by atoms with Crippen molar-refractivity contribution in [3.05, 3.63) is 0 Å². The molecule has 580 valence electrons. The minimum absolute atomic E-state index is 0.0865. The molecule has 0 aliphatic heterocycles. The molecule has 0 atom stereocenters. The van der Waals surface area contributed by atoms with Crippen molar-refractivity contribution >= 4 is 134 Å². The Balaban J connectivity index is 3.88. The highest BCUT2D eigenvalue weighted by atomic mass is 16.3. The van der Waals surface area contributed by atoms with E-state index in [1.54, 1.807) is 0 Å². The summed E-state index contributed by atoms with van der Waals surface area (Å²) in [5, 5.41) is 0. The molecule has 0 aromatic carbocycles. The summed E-state index contributed by atoms with van der Waals surface area (Å²) in [6, 6.07) is 0. The molecule has 0 aliphatic rings. The summed E-state index contributed by atoms with van der Waals surface area (Å²) in [6.07, 6.45) is 71.9. The van der Waals surface area contributed by atoms with Crippen LogP contribution in [0.25, 0.3) is 0 Å². The first-order chi connectivity index (χ1) is 49.9. The van der Waals surface area contributed by atoms with Gasteiger partial charge in [0.15, 0.2) is 6.29 Å². The van der Waals surface area contributed by atoms with Crippen LogP contribution < -0.4 is 0 Å². The minimum Gasteiger partial charge on any atom is -0.294 e. The first-order valence-corrected chi connectivity index (χ1v) is 39.3. The zero-order chi connectivity index (χ0) is 77.7. The molecule has 23 nitrogen and oxygen atoms in total. The van der Waals surface area contributed by atoms with E-state index in [1.165, 1.54) is 308 Å². The van der Waals surface area contributed by atoms with E-state index in [4.69, 9.17) is 0 Å². The van der Waals surface area contributed by atoms with E-state index < -0.39 is 140 Å². The largest absolute Gasteiger partial charge is 0.294 e. The summed E-state index contributed by atoms with van der Waals surface area (Å²) < 4.78 is 0. The van der Waals surface area contributed by atoms with Crippen LogP contribution in [-0.2, 0) is 110 Å². The fourth-order valence-electron chi connectivity index (χ4n) is 12.2. The molecule has 23 heteroatoms. The maximum absolute atomic E-state index is 12.3. The Morgan fingerprint density at radius 1 is 0.144 bits per heavy atom. The van der Waals surface area contributed by atoms with Gasteiger partial charge in [-0.15, -0.1) is 0 Å². The van der Waals surface area contributed by atoms with Crippen LogP contribution in [0.1, 0.15) is 373 Å². The van der Waals surface area contributed by atoms with Crippen LogP contribution in [-0.4, -0.2) is 134 Å². The standard InChI is InChI=1S/C81H118O23/c1-2-3-4-5-6-7-8-9-10-11-12-13-14-15-16-17-18-19-20-21-22-23-24-25-26-27-28-29-30-31-32-33-34-35-36-37-38-39-40-41-42-43-44-45-46-47-48-49-50-51-52-53-54-55-56-57-58-60(83)62(85)64(87)66(89)68(91)70(93)72(95)74(97)76(99)78(101)80(103)81(104)79(102)77(100)75(98)73(96)71(94)69(92)67(90)65(88)63(86)61(84)59-82/h59H,2-58H2,1H3. The summed E-state index contributed by atoms with van der Waals surface area (Å²) in [5.41, 5.74) is 0. The molecule has 0 aromatic heterocycles. The smallest absolute Gasteiger partial charge is 0.281 e. The Labute approximate surface area is 614 Å². The summed E-state index contributed by atoms with van der Waals surface area (Å²) in [5.74, 6) is -60.7. The number of aldehydes is 1. The van der Waals surface area contributed by atoms with Crippen LogP contribution in [0.5, 0.6) is 0 Å². The monoisotopic (exact) mass is 1460 g/mol. The molecular formula is C81H118O23. The molecule has 0 radical (unpaired) electrons. The maximum Gasteiger partial charge on any atom is 0.281 e. The fourth-order valence-corrected chi connectivity index (χ4v) is 12.2. The van der Waals surface area contributed by atoms with Gasteiger partial charge in [-0.2, -0.15) is 0 Å². The summed E-state index contributed by atoms with van der Waals surface area (Å²) in [4.78, 5) is 274. The molecule has 0 bridgehead atoms. The quantitative estimate of drug-likeness (QED) is 0.0236. The minimum atomic E-state index is -3.08. The Bertz CT molecular complexity index is 2900. The van der Waals surface area contributed by atoms with Crippen LogP contribution in [0.15, 0.2) is 0 Å². The number of hydrogen-bond donors (Lipinski definition) is 0. The molecule has 0 fully saturated rings. The molecule has 0 saturated carbocycles. The van der Waals surface area contributed by atoms with Crippen molar-refractivity contribution in [3.8, 4) is 0 Å². The molecular weight excluding hydrogens is 1340 g/mol. The Morgan fingerprint density at radius 2 is 0.250 bits per heavy atom. The lowest BCUT2D eigenvalue weighted by atomic mass is 9.94. The van der Waals surface area contributed by atoms with Crippen molar-refractivity contribution < 1.29 is 110 Å². The molecule has 0 saturated heterocycles. The third-order valence-electron chi connectivity index (χ3n) is 18.8. The third kappa shape index (κ3) is 44.3. The first kappa shape index (κ1) is 96.4. The van der Waals surface area contributed by atoms with Crippen LogP contribution in [0.3, 0.4) is 0 Å². The lowest BCUT2D eigenvalue weighted by molar-refractivity contribution is -0.158. The molecule has 0 unspecified atom stereocenters. The maximum atomic E-state index is 12.3. The van der Waals surface area contributed by atoms with Gasteiger partial charge in [0.25, 0.3) is 121 Å². The van der Waals surface area contributed by atoms with Gasteiger partial charge in [0.1, 0.15) is 0 Å². The van der Waals surface area contributed by atoms with E-state index >= 15 is 0 Å². The van der Waals surface area contributed by atoms with Crippen molar-refractivity contribution in [2.75, 3.05) is 0 Å². The molecule has 0 heterocycles. The van der Waals surface area contributed by atoms with Crippen molar-refractivity contribution in [2.24, 2.45) is 0 Å². The van der Waals surface area contributed by atoms with Gasteiger partial charge < -0.3 is 0 Å². The van der Waals surface area contributed by atoms with Crippen LogP contribution in [0.2, 0.25) is 0 Å². The fraction of sp³-hybridized carbons (Fsp3) is 0.716. The second-order valence-electron chi connectivity index (χ2n) is 27.7. The third-order valence-corrected chi connectivity index (χ3v) is 18.8. The number of carbonyl (C=O) groups is 23. The van der Waals surface area contributed by atoms with Crippen molar-refractivity contribution in [1.29, 1.82) is 0 Å². The lowest BCUT2D eigenvalue weighted by Crippen LogP contribution is -2.48. The predicted molar refractivity (Wildman–Crippen MR) is 385 cm³/mol. The van der Waals surface area contributed by atoms with Crippen molar-refractivity contribution in [2.45, 2.75) is 373 Å². The number of ketones is 22. The van der Waals surface area contributed by atoms with Gasteiger partial charge in [0.2, 0.25) is 5.78 Å². The van der Waals surface area contributed by atoms with Gasteiger partial charge in [0, 0.05) is 6.42 Å². The van der Waals surface area contributed by atoms with Gasteiger partial charge >= 0.3 is 0 Å². The van der Waals surface area contributed by atoms with Crippen LogP contribution >= 0.6 is 0 Å². The van der Waals surface area contributed by atoms with Crippen LogP contribution in [0.4, 0.5) is 0 Å². The highest BCUT2D eigenvalue weighted by Crippen LogP contribution is 2.20. The second kappa shape index (κ2) is 62.8. The number of carbonyl (C=O) groups excluding carboxylic acids is 23. The molecule has 0 N–H and O–H groups in total. The highest BCUT2D eigenvalue weighted by molar-refractivity contribution is 7.08. The van der Waals surface area contributed by atoms with Gasteiger partial charge in [-0.1, -0.05) is 360 Å². The van der Waals surface area contributed by atoms with Gasteiger partial charge in [-0.05, 0) is 6.42 Å². The second-order valence-corrected chi connectivity index (χ2v) is 27.7. The van der Waals surface area contributed by atoms with Gasteiger partial charge in [-0.3, -0.25) is 110 Å². The molecule has 0 spiro atoms. The van der Waals surface area contributed by atoms with Crippen LogP contribution in [0, 0.1) is 0 Å². The number of rotatable bonds is 79. The average molecular weight is 1460 g/mol. The first-order valence-electron chi connectivity index (χ1n) is 39.3. The predicted octanol–water partition coefficient (Wildman–Crippen LogP) is 13.0. The number of hydrogen-bond acceptors (Lipinski definition) is 23. The molecule has 0 aromatic rings. The molecule has 0 aliphatic carbocycles. The van der Waals surface area contributed by atoms with E-state index in [0.717, 1.165) is 32.1 Å². The van der Waals surface area contributed by atoms with Crippen molar-refractivity contribution in [3.63, 3.8) is 0 Å². The van der Waals surface area contributed by atoms with E-state index in [0.29, 0.717) is 12.8 Å². The Hall–Kier alpha value is -7.59. The molecule has 0 amide bonds. The molecule has 104 heavy (non-hydrogen) atoms. The highest BCUT2D eigenvalue weighted by Gasteiger charge is 2.48. The van der Waals surface area contributed by atoms with Gasteiger partial charge in [0.05, 0.1) is 0 Å². The van der Waals surface area contributed by atoms with E-state index in [9.17, 15) is 110 Å².